The highest BCUT2D eigenvalue weighted by atomic mass is 32.2. The second-order valence-electron chi connectivity index (χ2n) is 9.79. The van der Waals surface area contributed by atoms with E-state index in [1.54, 1.807) is 19.4 Å². The molecule has 5 nitrogen and oxygen atoms in total. The number of hydrogen-bond acceptors (Lipinski definition) is 5. The molecule has 0 amide bonds. The number of benzene rings is 1. The second-order valence-corrected chi connectivity index (χ2v) is 11.2. The van der Waals surface area contributed by atoms with E-state index in [4.69, 9.17) is 4.74 Å². The van der Waals surface area contributed by atoms with Crippen LogP contribution in [0.25, 0.3) is 10.9 Å². The van der Waals surface area contributed by atoms with Crippen LogP contribution in [-0.4, -0.2) is 58.7 Å². The van der Waals surface area contributed by atoms with Crippen LogP contribution in [0.1, 0.15) is 63.1 Å². The first-order chi connectivity index (χ1) is 16.5. The Morgan fingerprint density at radius 2 is 2.12 bits per heavy atom. The number of carbonyl (C=O) groups is 1. The lowest BCUT2D eigenvalue weighted by atomic mass is 9.79. The van der Waals surface area contributed by atoms with Gasteiger partial charge in [0.15, 0.2) is 0 Å². The van der Waals surface area contributed by atoms with Gasteiger partial charge in [-0.15, -0.1) is 0 Å². The third kappa shape index (κ3) is 6.63. The molecule has 0 spiro atoms. The van der Waals surface area contributed by atoms with Crippen LogP contribution >= 0.6 is 11.8 Å². The molecule has 1 saturated heterocycles. The number of alkyl halides is 1. The van der Waals surface area contributed by atoms with Crippen molar-refractivity contribution >= 4 is 28.6 Å². The summed E-state index contributed by atoms with van der Waals surface area (Å²) < 4.78 is 20.8. The SMILES string of the molecule is COc1ccc2nccc(C(F)CC[C@@H]3CCN(CCSC4CCC4)C[C@@H]3CCC(=O)O)c2c1. The Balaban J connectivity index is 1.35. The number of nitrogens with zero attached hydrogens (tertiary/aromatic N) is 2. The minimum atomic E-state index is -1.07. The van der Waals surface area contributed by atoms with E-state index in [2.05, 4.69) is 21.6 Å². The van der Waals surface area contributed by atoms with Crippen LogP contribution in [0.2, 0.25) is 0 Å². The van der Waals surface area contributed by atoms with Gasteiger partial charge < -0.3 is 14.7 Å². The Hall–Kier alpha value is -1.86. The summed E-state index contributed by atoms with van der Waals surface area (Å²) in [6.45, 7) is 3.05. The fourth-order valence-electron chi connectivity index (χ4n) is 5.32. The molecule has 4 rings (SSSR count). The van der Waals surface area contributed by atoms with E-state index in [0.717, 1.165) is 54.4 Å². The first kappa shape index (κ1) is 25.2. The van der Waals surface area contributed by atoms with Crippen LogP contribution in [0.3, 0.4) is 0 Å². The van der Waals surface area contributed by atoms with Crippen molar-refractivity contribution in [3.8, 4) is 5.75 Å². The molecule has 1 saturated carbocycles. The summed E-state index contributed by atoms with van der Waals surface area (Å²) in [5, 5.41) is 10.9. The predicted octanol–water partition coefficient (Wildman–Crippen LogP) is 6.12. The zero-order valence-corrected chi connectivity index (χ0v) is 20.9. The lowest BCUT2D eigenvalue weighted by Crippen LogP contribution is -2.42. The molecule has 1 N–H and O–H groups in total. The molecule has 2 heterocycles. The number of likely N-dealkylation sites (tertiary alicyclic amines) is 1. The molecule has 3 atom stereocenters. The molecule has 0 bridgehead atoms. The van der Waals surface area contributed by atoms with E-state index in [1.165, 1.54) is 19.3 Å². The van der Waals surface area contributed by atoms with Crippen molar-refractivity contribution in [3.05, 3.63) is 36.0 Å². The normalized spacial score (nSPS) is 22.4. The van der Waals surface area contributed by atoms with Gasteiger partial charge in [0.2, 0.25) is 0 Å². The molecule has 2 fully saturated rings. The number of ether oxygens (including phenoxy) is 1. The molecule has 1 aromatic heterocycles. The molecule has 186 valence electrons. The van der Waals surface area contributed by atoms with E-state index >= 15 is 4.39 Å². The van der Waals surface area contributed by atoms with Gasteiger partial charge in [-0.2, -0.15) is 11.8 Å². The number of piperidine rings is 1. The van der Waals surface area contributed by atoms with E-state index in [9.17, 15) is 9.90 Å². The Bertz CT molecular complexity index is 955. The molecule has 34 heavy (non-hydrogen) atoms. The van der Waals surface area contributed by atoms with Crippen molar-refractivity contribution < 1.29 is 19.0 Å². The summed E-state index contributed by atoms with van der Waals surface area (Å²) in [4.78, 5) is 18.1. The Kier molecular flexibility index (Phi) is 9.06. The van der Waals surface area contributed by atoms with Crippen molar-refractivity contribution in [2.75, 3.05) is 32.5 Å². The van der Waals surface area contributed by atoms with Gasteiger partial charge in [0.1, 0.15) is 11.9 Å². The maximum atomic E-state index is 15.5. The molecular weight excluding hydrogens is 451 g/mol. The van der Waals surface area contributed by atoms with E-state index in [1.807, 2.05) is 18.2 Å². The minimum absolute atomic E-state index is 0.194. The largest absolute Gasteiger partial charge is 0.497 e. The zero-order valence-electron chi connectivity index (χ0n) is 20.1. The topological polar surface area (TPSA) is 62.7 Å². The van der Waals surface area contributed by atoms with Crippen LogP contribution in [0.5, 0.6) is 5.75 Å². The highest BCUT2D eigenvalue weighted by Crippen LogP contribution is 2.37. The number of fused-ring (bicyclic) bond motifs is 1. The highest BCUT2D eigenvalue weighted by Gasteiger charge is 2.30. The number of carboxylic acids is 1. The maximum absolute atomic E-state index is 15.5. The zero-order chi connectivity index (χ0) is 23.9. The molecule has 1 aliphatic carbocycles. The predicted molar refractivity (Wildman–Crippen MR) is 136 cm³/mol. The number of carboxylic acid groups (broad SMARTS) is 1. The van der Waals surface area contributed by atoms with Gasteiger partial charge in [0.25, 0.3) is 0 Å². The Morgan fingerprint density at radius 3 is 2.85 bits per heavy atom. The molecular formula is C27H37FN2O3S. The maximum Gasteiger partial charge on any atom is 0.303 e. The van der Waals surface area contributed by atoms with Gasteiger partial charge in [0.05, 0.1) is 12.6 Å². The fraction of sp³-hybridized carbons (Fsp3) is 0.630. The van der Waals surface area contributed by atoms with Crippen molar-refractivity contribution in [1.82, 2.24) is 9.88 Å². The Labute approximate surface area is 206 Å². The van der Waals surface area contributed by atoms with E-state index in [-0.39, 0.29) is 6.42 Å². The fourth-order valence-corrected chi connectivity index (χ4v) is 6.69. The van der Waals surface area contributed by atoms with Gasteiger partial charge >= 0.3 is 5.97 Å². The molecule has 7 heteroatoms. The smallest absolute Gasteiger partial charge is 0.303 e. The van der Waals surface area contributed by atoms with Crippen molar-refractivity contribution in [1.29, 1.82) is 0 Å². The number of halogens is 1. The number of rotatable bonds is 12. The van der Waals surface area contributed by atoms with Crippen molar-refractivity contribution in [3.63, 3.8) is 0 Å². The van der Waals surface area contributed by atoms with Crippen molar-refractivity contribution in [2.45, 2.75) is 62.8 Å². The summed E-state index contributed by atoms with van der Waals surface area (Å²) in [6, 6.07) is 7.35. The minimum Gasteiger partial charge on any atom is -0.497 e. The molecule has 2 aliphatic rings. The quantitative estimate of drug-likeness (QED) is 0.388. The summed E-state index contributed by atoms with van der Waals surface area (Å²) in [6.07, 6.45) is 7.82. The summed E-state index contributed by atoms with van der Waals surface area (Å²) in [5.74, 6) is 1.81. The highest BCUT2D eigenvalue weighted by molar-refractivity contribution is 7.99. The first-order valence-corrected chi connectivity index (χ1v) is 13.7. The van der Waals surface area contributed by atoms with Gasteiger partial charge in [-0.05, 0) is 86.7 Å². The van der Waals surface area contributed by atoms with Gasteiger partial charge in [-0.3, -0.25) is 9.78 Å². The number of thioether (sulfide) groups is 1. The summed E-state index contributed by atoms with van der Waals surface area (Å²) in [7, 11) is 1.61. The number of methoxy groups -OCH3 is 1. The number of pyridine rings is 1. The van der Waals surface area contributed by atoms with Gasteiger partial charge in [-0.25, -0.2) is 4.39 Å². The van der Waals surface area contributed by atoms with Gasteiger partial charge in [-0.1, -0.05) is 6.42 Å². The lowest BCUT2D eigenvalue weighted by molar-refractivity contribution is -0.137. The van der Waals surface area contributed by atoms with Crippen LogP contribution in [-0.2, 0) is 4.79 Å². The molecule has 1 aliphatic heterocycles. The van der Waals surface area contributed by atoms with E-state index in [0.29, 0.717) is 36.0 Å². The standard InChI is InChI=1S/C27H37FN2O3S/c1-33-21-7-9-26-24(17-21)23(11-13-29-26)25(28)8-5-19-12-14-30(15-16-34-22-3-2-4-22)18-20(19)6-10-27(31)32/h7,9,11,13,17,19-20,22,25H,2-6,8,10,12,14-16,18H2,1H3,(H,31,32)/t19-,20+,25?/m1/s1. The lowest BCUT2D eigenvalue weighted by Gasteiger charge is -2.39. The summed E-state index contributed by atoms with van der Waals surface area (Å²) >= 11 is 2.09. The molecule has 0 radical (unpaired) electrons. The third-order valence-electron chi connectivity index (χ3n) is 7.63. The van der Waals surface area contributed by atoms with Crippen molar-refractivity contribution in [2.24, 2.45) is 11.8 Å². The van der Waals surface area contributed by atoms with E-state index < -0.39 is 12.1 Å². The number of aliphatic carboxylic acids is 1. The number of hydrogen-bond donors (Lipinski definition) is 1. The average Bonchev–Trinajstić information content (AvgIpc) is 2.82. The molecule has 2 aromatic rings. The molecule has 1 unspecified atom stereocenters. The van der Waals surface area contributed by atoms with Crippen LogP contribution in [0.4, 0.5) is 4.39 Å². The second kappa shape index (κ2) is 12.2. The monoisotopic (exact) mass is 488 g/mol. The first-order valence-electron chi connectivity index (χ1n) is 12.7. The van der Waals surface area contributed by atoms with Crippen LogP contribution < -0.4 is 4.74 Å². The van der Waals surface area contributed by atoms with Gasteiger partial charge in [0, 0.05) is 42.1 Å². The number of aromatic nitrogens is 1. The van der Waals surface area contributed by atoms with Crippen LogP contribution in [0, 0.1) is 11.8 Å². The van der Waals surface area contributed by atoms with Crippen LogP contribution in [0.15, 0.2) is 30.5 Å². The average molecular weight is 489 g/mol. The third-order valence-corrected chi connectivity index (χ3v) is 8.99. The molecule has 1 aromatic carbocycles. The summed E-state index contributed by atoms with van der Waals surface area (Å²) in [5.41, 5.74) is 1.44. The Morgan fingerprint density at radius 1 is 1.26 bits per heavy atom.